The van der Waals surface area contributed by atoms with Gasteiger partial charge in [-0.05, 0) is 26.8 Å². The average molecular weight is 419 g/mol. The second kappa shape index (κ2) is 7.98. The van der Waals surface area contributed by atoms with E-state index in [0.29, 0.717) is 31.2 Å². The molecule has 0 bridgehead atoms. The molecule has 4 rings (SSSR count). The minimum Gasteiger partial charge on any atom is -0.375 e. The van der Waals surface area contributed by atoms with Gasteiger partial charge in [0.1, 0.15) is 11.4 Å². The second-order valence-corrected chi connectivity index (χ2v) is 7.50. The number of nitrogens with one attached hydrogen (secondary N) is 1. The van der Waals surface area contributed by atoms with Crippen LogP contribution in [0.5, 0.6) is 0 Å². The minimum absolute atomic E-state index is 0.0267. The summed E-state index contributed by atoms with van der Waals surface area (Å²) < 4.78 is 35.2. The minimum atomic E-state index is -2.81. The SMILES string of the molecule is CC1CN(c2ccn3ncc(C(=O)Nc4cn(C(C)C)nc4C(F)F)c3n2)CCO1. The maximum absolute atomic E-state index is 13.4. The van der Waals surface area contributed by atoms with E-state index in [0.717, 1.165) is 0 Å². The fourth-order valence-electron chi connectivity index (χ4n) is 3.34. The average Bonchev–Trinajstić information content (AvgIpc) is 3.32. The Morgan fingerprint density at radius 1 is 1.37 bits per heavy atom. The lowest BCUT2D eigenvalue weighted by Gasteiger charge is -2.31. The highest BCUT2D eigenvalue weighted by Gasteiger charge is 2.24. The molecule has 0 aromatic carbocycles. The summed E-state index contributed by atoms with van der Waals surface area (Å²) in [6.07, 6.45) is 1.77. The van der Waals surface area contributed by atoms with Crippen molar-refractivity contribution in [3.8, 4) is 0 Å². The highest BCUT2D eigenvalue weighted by Crippen LogP contribution is 2.27. The van der Waals surface area contributed by atoms with Crippen LogP contribution in [0.25, 0.3) is 5.65 Å². The van der Waals surface area contributed by atoms with E-state index >= 15 is 0 Å². The third-order valence-corrected chi connectivity index (χ3v) is 4.91. The molecule has 160 valence electrons. The van der Waals surface area contributed by atoms with Gasteiger partial charge in [0.2, 0.25) is 0 Å². The fourth-order valence-corrected chi connectivity index (χ4v) is 3.34. The molecule has 9 nitrogen and oxygen atoms in total. The summed E-state index contributed by atoms with van der Waals surface area (Å²) in [6.45, 7) is 7.59. The summed E-state index contributed by atoms with van der Waals surface area (Å²) in [6, 6.07) is 1.70. The maximum Gasteiger partial charge on any atom is 0.284 e. The number of carbonyl (C=O) groups is 1. The van der Waals surface area contributed by atoms with Gasteiger partial charge in [-0.3, -0.25) is 9.48 Å². The van der Waals surface area contributed by atoms with Crippen LogP contribution in [0.3, 0.4) is 0 Å². The Morgan fingerprint density at radius 3 is 2.87 bits per heavy atom. The molecule has 1 N–H and O–H groups in total. The van der Waals surface area contributed by atoms with Crippen LogP contribution in [-0.4, -0.2) is 56.1 Å². The molecule has 4 heterocycles. The van der Waals surface area contributed by atoms with Crippen molar-refractivity contribution in [1.29, 1.82) is 0 Å². The summed E-state index contributed by atoms with van der Waals surface area (Å²) in [7, 11) is 0. The Hall–Kier alpha value is -3.08. The molecular formula is C19H23F2N7O2. The number of fused-ring (bicyclic) bond motifs is 1. The first-order valence-corrected chi connectivity index (χ1v) is 9.73. The first-order chi connectivity index (χ1) is 14.3. The molecule has 30 heavy (non-hydrogen) atoms. The molecule has 1 aliphatic heterocycles. The second-order valence-electron chi connectivity index (χ2n) is 7.50. The quantitative estimate of drug-likeness (QED) is 0.684. The predicted molar refractivity (Wildman–Crippen MR) is 106 cm³/mol. The smallest absolute Gasteiger partial charge is 0.284 e. The van der Waals surface area contributed by atoms with Crippen LogP contribution in [0.2, 0.25) is 0 Å². The number of hydrogen-bond acceptors (Lipinski definition) is 6. The Balaban J connectivity index is 1.63. The zero-order valence-corrected chi connectivity index (χ0v) is 16.9. The summed E-state index contributed by atoms with van der Waals surface area (Å²) in [5.41, 5.74) is 0.0420. The molecule has 1 amide bonds. The molecule has 1 fully saturated rings. The molecule has 1 unspecified atom stereocenters. The molecule has 0 spiro atoms. The lowest BCUT2D eigenvalue weighted by atomic mass is 10.2. The Kier molecular flexibility index (Phi) is 5.37. The Morgan fingerprint density at radius 2 is 2.17 bits per heavy atom. The number of carbonyl (C=O) groups excluding carboxylic acids is 1. The van der Waals surface area contributed by atoms with Gasteiger partial charge in [-0.1, -0.05) is 0 Å². The number of morpholine rings is 1. The van der Waals surface area contributed by atoms with E-state index in [1.165, 1.54) is 21.6 Å². The zero-order chi connectivity index (χ0) is 21.4. The van der Waals surface area contributed by atoms with Gasteiger partial charge >= 0.3 is 0 Å². The Bertz CT molecular complexity index is 1060. The highest BCUT2D eigenvalue weighted by atomic mass is 19.3. The van der Waals surface area contributed by atoms with Crippen molar-refractivity contribution >= 4 is 23.1 Å². The molecule has 3 aromatic heterocycles. The first-order valence-electron chi connectivity index (χ1n) is 9.73. The Labute approximate surface area is 171 Å². The van der Waals surface area contributed by atoms with Gasteiger partial charge in [0.25, 0.3) is 12.3 Å². The van der Waals surface area contributed by atoms with Crippen molar-refractivity contribution in [2.45, 2.75) is 39.3 Å². The third kappa shape index (κ3) is 3.84. The molecular weight excluding hydrogens is 396 g/mol. The van der Waals surface area contributed by atoms with Crippen molar-refractivity contribution in [2.75, 3.05) is 29.9 Å². The van der Waals surface area contributed by atoms with Crippen molar-refractivity contribution in [1.82, 2.24) is 24.4 Å². The van der Waals surface area contributed by atoms with Gasteiger partial charge in [0.15, 0.2) is 11.3 Å². The molecule has 1 aliphatic rings. The fraction of sp³-hybridized carbons (Fsp3) is 0.474. The number of hydrogen-bond donors (Lipinski definition) is 1. The molecule has 0 aliphatic carbocycles. The van der Waals surface area contributed by atoms with E-state index in [1.54, 1.807) is 6.20 Å². The van der Waals surface area contributed by atoms with Crippen LogP contribution in [-0.2, 0) is 4.74 Å². The topological polar surface area (TPSA) is 89.6 Å². The normalized spacial score (nSPS) is 17.3. The summed E-state index contributed by atoms with van der Waals surface area (Å²) >= 11 is 0. The predicted octanol–water partition coefficient (Wildman–Crippen LogP) is 2.92. The maximum atomic E-state index is 13.4. The number of rotatable bonds is 5. The van der Waals surface area contributed by atoms with E-state index in [2.05, 4.69) is 25.4 Å². The standard InChI is InChI=1S/C19H23F2N7O2/c1-11(2)28-10-14(16(25-28)17(20)21)23-19(29)13-8-22-27-5-4-15(24-18(13)27)26-6-7-30-12(3)9-26/h4-5,8,10-12,17H,6-7,9H2,1-3H3,(H,23,29). The van der Waals surface area contributed by atoms with Gasteiger partial charge in [0.05, 0.1) is 24.6 Å². The number of ether oxygens (including phenoxy) is 1. The number of nitrogens with zero attached hydrogens (tertiary/aromatic N) is 6. The van der Waals surface area contributed by atoms with Crippen LogP contribution < -0.4 is 10.2 Å². The van der Waals surface area contributed by atoms with Crippen molar-refractivity contribution in [3.05, 3.63) is 35.9 Å². The number of amides is 1. The molecule has 0 saturated carbocycles. The zero-order valence-electron chi connectivity index (χ0n) is 16.9. The molecule has 3 aromatic rings. The number of anilines is 2. The largest absolute Gasteiger partial charge is 0.375 e. The van der Waals surface area contributed by atoms with Crippen LogP contribution >= 0.6 is 0 Å². The van der Waals surface area contributed by atoms with Crippen molar-refractivity contribution in [2.24, 2.45) is 0 Å². The third-order valence-electron chi connectivity index (χ3n) is 4.91. The molecule has 1 atom stereocenters. The van der Waals surface area contributed by atoms with E-state index < -0.39 is 18.0 Å². The van der Waals surface area contributed by atoms with Crippen LogP contribution in [0.15, 0.2) is 24.7 Å². The summed E-state index contributed by atoms with van der Waals surface area (Å²) in [5, 5.41) is 10.6. The molecule has 11 heteroatoms. The lowest BCUT2D eigenvalue weighted by molar-refractivity contribution is 0.0529. The van der Waals surface area contributed by atoms with Crippen LogP contribution in [0, 0.1) is 0 Å². The van der Waals surface area contributed by atoms with E-state index in [4.69, 9.17) is 4.74 Å². The highest BCUT2D eigenvalue weighted by molar-refractivity contribution is 6.08. The molecule has 0 radical (unpaired) electrons. The van der Waals surface area contributed by atoms with E-state index in [-0.39, 0.29) is 23.4 Å². The first kappa shape index (κ1) is 20.2. The number of alkyl halides is 2. The number of halogens is 2. The van der Waals surface area contributed by atoms with Gasteiger partial charge in [-0.15, -0.1) is 0 Å². The van der Waals surface area contributed by atoms with Crippen molar-refractivity contribution in [3.63, 3.8) is 0 Å². The van der Waals surface area contributed by atoms with Crippen molar-refractivity contribution < 1.29 is 18.3 Å². The van der Waals surface area contributed by atoms with Crippen LogP contribution in [0.1, 0.15) is 49.3 Å². The number of aromatic nitrogens is 5. The van der Waals surface area contributed by atoms with Gasteiger partial charge in [-0.25, -0.2) is 18.3 Å². The van der Waals surface area contributed by atoms with E-state index in [1.807, 2.05) is 26.8 Å². The lowest BCUT2D eigenvalue weighted by Crippen LogP contribution is -2.41. The monoisotopic (exact) mass is 419 g/mol. The summed E-state index contributed by atoms with van der Waals surface area (Å²) in [5.74, 6) is 0.128. The van der Waals surface area contributed by atoms with Crippen LogP contribution in [0.4, 0.5) is 20.3 Å². The van der Waals surface area contributed by atoms with Gasteiger partial charge in [0, 0.05) is 31.5 Å². The van der Waals surface area contributed by atoms with E-state index in [9.17, 15) is 13.6 Å². The van der Waals surface area contributed by atoms with Gasteiger partial charge in [-0.2, -0.15) is 10.2 Å². The molecule has 1 saturated heterocycles. The van der Waals surface area contributed by atoms with Gasteiger partial charge < -0.3 is 15.0 Å². The summed E-state index contributed by atoms with van der Waals surface area (Å²) in [4.78, 5) is 19.5.